The fraction of sp³-hybridized carbons (Fsp3) is 0.611. The van der Waals surface area contributed by atoms with Gasteiger partial charge in [-0.15, -0.1) is 0 Å². The highest BCUT2D eigenvalue weighted by Gasteiger charge is 2.27. The molecule has 1 fully saturated rings. The molecule has 1 unspecified atom stereocenters. The molecule has 7 heteroatoms. The van der Waals surface area contributed by atoms with Crippen molar-refractivity contribution in [1.29, 1.82) is 0 Å². The molecular weight excluding hydrogens is 331 g/mol. The van der Waals surface area contributed by atoms with Crippen LogP contribution in [0.3, 0.4) is 0 Å². The summed E-state index contributed by atoms with van der Waals surface area (Å²) in [4.78, 5) is 6.75. The summed E-state index contributed by atoms with van der Waals surface area (Å²) in [6, 6.07) is 10.4. The van der Waals surface area contributed by atoms with E-state index in [2.05, 4.69) is 44.2 Å². The number of hydrogen-bond donors (Lipinski definition) is 1. The molecule has 1 aromatic carbocycles. The third kappa shape index (κ3) is 6.94. The second kappa shape index (κ2) is 9.65. The Morgan fingerprint density at radius 3 is 2.76 bits per heavy atom. The molecule has 2 rings (SSSR count). The van der Waals surface area contributed by atoms with E-state index in [0.717, 1.165) is 32.0 Å². The van der Waals surface area contributed by atoms with Gasteiger partial charge in [0.15, 0.2) is 5.96 Å². The Hall–Kier alpha value is -1.76. The van der Waals surface area contributed by atoms with Crippen molar-refractivity contribution in [2.45, 2.75) is 31.9 Å². The van der Waals surface area contributed by atoms with E-state index in [4.69, 9.17) is 0 Å². The second-order valence-electron chi connectivity index (χ2n) is 6.10. The first kappa shape index (κ1) is 19.6. The SMILES string of the molecule is CCNC(=NCCCOCC(F)(F)F)N1CCC(c2ccccc2)C1. The Labute approximate surface area is 147 Å². The number of hydrogen-bond acceptors (Lipinski definition) is 2. The van der Waals surface area contributed by atoms with Gasteiger partial charge in [-0.1, -0.05) is 30.3 Å². The molecule has 1 atom stereocenters. The number of alkyl halides is 3. The lowest BCUT2D eigenvalue weighted by atomic mass is 9.99. The number of halogens is 3. The van der Waals surface area contributed by atoms with Gasteiger partial charge in [-0.3, -0.25) is 4.99 Å². The molecule has 1 aliphatic heterocycles. The highest BCUT2D eigenvalue weighted by atomic mass is 19.4. The van der Waals surface area contributed by atoms with Crippen molar-refractivity contribution in [1.82, 2.24) is 10.2 Å². The fourth-order valence-electron chi connectivity index (χ4n) is 2.92. The van der Waals surface area contributed by atoms with E-state index in [1.807, 2.05) is 13.0 Å². The van der Waals surface area contributed by atoms with Gasteiger partial charge in [-0.2, -0.15) is 13.2 Å². The van der Waals surface area contributed by atoms with Crippen molar-refractivity contribution in [2.24, 2.45) is 4.99 Å². The minimum atomic E-state index is -4.26. The van der Waals surface area contributed by atoms with Crippen LogP contribution in [-0.4, -0.2) is 56.4 Å². The van der Waals surface area contributed by atoms with Crippen LogP contribution >= 0.6 is 0 Å². The van der Waals surface area contributed by atoms with Gasteiger partial charge >= 0.3 is 6.18 Å². The van der Waals surface area contributed by atoms with Crippen molar-refractivity contribution in [3.05, 3.63) is 35.9 Å². The van der Waals surface area contributed by atoms with Crippen LogP contribution in [-0.2, 0) is 4.74 Å². The van der Waals surface area contributed by atoms with Gasteiger partial charge in [0.2, 0.25) is 0 Å². The van der Waals surface area contributed by atoms with Crippen molar-refractivity contribution in [3.8, 4) is 0 Å². The van der Waals surface area contributed by atoms with Gasteiger partial charge in [0, 0.05) is 38.7 Å². The Morgan fingerprint density at radius 1 is 1.32 bits per heavy atom. The number of guanidine groups is 1. The van der Waals surface area contributed by atoms with E-state index in [9.17, 15) is 13.2 Å². The second-order valence-corrected chi connectivity index (χ2v) is 6.10. The number of likely N-dealkylation sites (tertiary alicyclic amines) is 1. The molecule has 0 aliphatic carbocycles. The highest BCUT2D eigenvalue weighted by Crippen LogP contribution is 2.26. The van der Waals surface area contributed by atoms with Gasteiger partial charge in [0.05, 0.1) is 0 Å². The number of aliphatic imine (C=N–C) groups is 1. The molecule has 1 heterocycles. The average molecular weight is 357 g/mol. The van der Waals surface area contributed by atoms with Crippen LogP contribution in [0.2, 0.25) is 0 Å². The number of nitrogens with zero attached hydrogens (tertiary/aromatic N) is 2. The molecule has 0 radical (unpaired) electrons. The average Bonchev–Trinajstić information content (AvgIpc) is 3.07. The summed E-state index contributed by atoms with van der Waals surface area (Å²) in [5.41, 5.74) is 1.33. The van der Waals surface area contributed by atoms with Gasteiger partial charge in [0.25, 0.3) is 0 Å². The van der Waals surface area contributed by atoms with E-state index >= 15 is 0 Å². The van der Waals surface area contributed by atoms with Gasteiger partial charge in [-0.25, -0.2) is 0 Å². The standard InChI is InChI=1S/C18H26F3N3O/c1-2-22-17(23-10-6-12-25-14-18(19,20)21)24-11-9-16(13-24)15-7-4-3-5-8-15/h3-5,7-8,16H,2,6,9-14H2,1H3,(H,22,23). The molecule has 0 aromatic heterocycles. The van der Waals surface area contributed by atoms with E-state index < -0.39 is 12.8 Å². The van der Waals surface area contributed by atoms with E-state index in [-0.39, 0.29) is 6.61 Å². The Kier molecular flexibility index (Phi) is 7.55. The predicted molar refractivity (Wildman–Crippen MR) is 92.8 cm³/mol. The molecule has 0 spiro atoms. The Balaban J connectivity index is 1.80. The number of ether oxygens (including phenoxy) is 1. The van der Waals surface area contributed by atoms with Crippen LogP contribution in [0, 0.1) is 0 Å². The van der Waals surface area contributed by atoms with Crippen LogP contribution in [0.4, 0.5) is 13.2 Å². The maximum atomic E-state index is 12.0. The van der Waals surface area contributed by atoms with Crippen molar-refractivity contribution in [2.75, 3.05) is 39.4 Å². The minimum absolute atomic E-state index is 0.0645. The summed E-state index contributed by atoms with van der Waals surface area (Å²) >= 11 is 0. The van der Waals surface area contributed by atoms with Crippen molar-refractivity contribution < 1.29 is 17.9 Å². The molecule has 1 aromatic rings. The van der Waals surface area contributed by atoms with Crippen LogP contribution < -0.4 is 5.32 Å². The summed E-state index contributed by atoms with van der Waals surface area (Å²) in [5, 5.41) is 3.27. The van der Waals surface area contributed by atoms with Crippen LogP contribution in [0.5, 0.6) is 0 Å². The van der Waals surface area contributed by atoms with E-state index in [1.165, 1.54) is 5.56 Å². The summed E-state index contributed by atoms with van der Waals surface area (Å²) in [7, 11) is 0. The van der Waals surface area contributed by atoms with Gasteiger partial charge in [0.1, 0.15) is 6.61 Å². The monoisotopic (exact) mass is 357 g/mol. The summed E-state index contributed by atoms with van der Waals surface area (Å²) in [6.45, 7) is 3.92. The Bertz CT molecular complexity index is 534. The molecule has 1 N–H and O–H groups in total. The quantitative estimate of drug-likeness (QED) is 0.462. The van der Waals surface area contributed by atoms with E-state index in [0.29, 0.717) is 18.9 Å². The van der Waals surface area contributed by atoms with Crippen LogP contribution in [0.1, 0.15) is 31.2 Å². The number of nitrogens with one attached hydrogen (secondary N) is 1. The van der Waals surface area contributed by atoms with Gasteiger partial charge < -0.3 is 15.0 Å². The molecule has 140 valence electrons. The maximum absolute atomic E-state index is 12.0. The molecule has 25 heavy (non-hydrogen) atoms. The number of rotatable bonds is 7. The van der Waals surface area contributed by atoms with Gasteiger partial charge in [-0.05, 0) is 25.3 Å². The molecule has 0 bridgehead atoms. The lowest BCUT2D eigenvalue weighted by molar-refractivity contribution is -0.173. The first-order chi connectivity index (χ1) is 12.0. The highest BCUT2D eigenvalue weighted by molar-refractivity contribution is 5.80. The molecule has 4 nitrogen and oxygen atoms in total. The zero-order valence-electron chi connectivity index (χ0n) is 14.6. The first-order valence-corrected chi connectivity index (χ1v) is 8.72. The normalized spacial score (nSPS) is 18.6. The maximum Gasteiger partial charge on any atom is 0.411 e. The molecule has 1 aliphatic rings. The first-order valence-electron chi connectivity index (χ1n) is 8.72. The molecule has 0 amide bonds. The van der Waals surface area contributed by atoms with E-state index in [1.54, 1.807) is 0 Å². The third-order valence-corrected chi connectivity index (χ3v) is 4.07. The third-order valence-electron chi connectivity index (χ3n) is 4.07. The number of benzene rings is 1. The zero-order chi connectivity index (χ0) is 18.1. The largest absolute Gasteiger partial charge is 0.411 e. The smallest absolute Gasteiger partial charge is 0.372 e. The summed E-state index contributed by atoms with van der Waals surface area (Å²) in [5.74, 6) is 1.32. The topological polar surface area (TPSA) is 36.9 Å². The predicted octanol–water partition coefficient (Wildman–Crippen LogP) is 3.41. The molecule has 1 saturated heterocycles. The fourth-order valence-corrected chi connectivity index (χ4v) is 2.92. The Morgan fingerprint density at radius 2 is 2.08 bits per heavy atom. The minimum Gasteiger partial charge on any atom is -0.372 e. The van der Waals surface area contributed by atoms with Crippen molar-refractivity contribution >= 4 is 5.96 Å². The summed E-state index contributed by atoms with van der Waals surface area (Å²) in [6.07, 6.45) is -2.72. The summed E-state index contributed by atoms with van der Waals surface area (Å²) < 4.78 is 40.6. The molecule has 0 saturated carbocycles. The van der Waals surface area contributed by atoms with Crippen LogP contribution in [0.25, 0.3) is 0 Å². The lowest BCUT2D eigenvalue weighted by Gasteiger charge is -2.21. The lowest BCUT2D eigenvalue weighted by Crippen LogP contribution is -2.40. The van der Waals surface area contributed by atoms with Crippen molar-refractivity contribution in [3.63, 3.8) is 0 Å². The molecular formula is C18H26F3N3O. The van der Waals surface area contributed by atoms with Crippen LogP contribution in [0.15, 0.2) is 35.3 Å². The zero-order valence-corrected chi connectivity index (χ0v) is 14.6.